The van der Waals surface area contributed by atoms with Gasteiger partial charge in [0, 0.05) is 12.5 Å². The molecule has 0 saturated heterocycles. The van der Waals surface area contributed by atoms with Crippen LogP contribution in [-0.4, -0.2) is 43.9 Å². The van der Waals surface area contributed by atoms with Crippen molar-refractivity contribution in [1.29, 1.82) is 0 Å². The van der Waals surface area contributed by atoms with Gasteiger partial charge in [0.05, 0.1) is 18.9 Å². The van der Waals surface area contributed by atoms with E-state index >= 15 is 0 Å². The largest absolute Gasteiger partial charge is 0.476 e. The van der Waals surface area contributed by atoms with Crippen LogP contribution >= 0.6 is 11.3 Å². The molecule has 17 heavy (non-hydrogen) atoms. The minimum atomic E-state index is -3.41. The molecule has 0 saturated carbocycles. The van der Waals surface area contributed by atoms with Crippen LogP contribution in [0.25, 0.3) is 0 Å². The molecular formula is C8H12N2O5S2. The van der Waals surface area contributed by atoms with Crippen molar-refractivity contribution in [2.45, 2.75) is 6.54 Å². The lowest BCUT2D eigenvalue weighted by Gasteiger charge is -2.03. The Balaban J connectivity index is 2.52. The number of hydrogen-bond donors (Lipinski definition) is 2. The summed E-state index contributed by atoms with van der Waals surface area (Å²) >= 11 is 1.09. The van der Waals surface area contributed by atoms with Crippen LogP contribution in [0.4, 0.5) is 0 Å². The molecule has 7 nitrogen and oxygen atoms in total. The summed E-state index contributed by atoms with van der Waals surface area (Å²) in [6.07, 6.45) is 0. The highest BCUT2D eigenvalue weighted by molar-refractivity contribution is 7.89. The molecule has 9 heteroatoms. The molecular weight excluding hydrogens is 268 g/mol. The zero-order valence-electron chi connectivity index (χ0n) is 9.04. The number of sulfonamides is 1. The number of nitrogens with zero attached hydrogens (tertiary/aromatic N) is 1. The van der Waals surface area contributed by atoms with Gasteiger partial charge in [-0.3, -0.25) is 0 Å². The maximum absolute atomic E-state index is 11.4. The molecule has 0 aromatic carbocycles. The third-order valence-electron chi connectivity index (χ3n) is 1.77. The van der Waals surface area contributed by atoms with Gasteiger partial charge in [0.25, 0.3) is 0 Å². The van der Waals surface area contributed by atoms with Gasteiger partial charge in [0.15, 0.2) is 5.69 Å². The summed E-state index contributed by atoms with van der Waals surface area (Å²) in [5, 5.41) is 10.4. The first-order valence-electron chi connectivity index (χ1n) is 4.58. The molecule has 2 N–H and O–H groups in total. The quantitative estimate of drug-likeness (QED) is 0.723. The number of carboxylic acid groups (broad SMARTS) is 1. The number of carbonyl (C=O) groups is 1. The van der Waals surface area contributed by atoms with Gasteiger partial charge in [-0.05, 0) is 0 Å². The van der Waals surface area contributed by atoms with Crippen molar-refractivity contribution in [3.63, 3.8) is 0 Å². The third-order valence-corrected chi connectivity index (χ3v) is 3.91. The van der Waals surface area contributed by atoms with Crippen LogP contribution in [-0.2, 0) is 21.3 Å². The van der Waals surface area contributed by atoms with E-state index in [1.807, 2.05) is 0 Å². The molecule has 1 heterocycles. The van der Waals surface area contributed by atoms with E-state index in [2.05, 4.69) is 14.4 Å². The Bertz CT molecular complexity index is 482. The number of ether oxygens (including phenoxy) is 1. The Hall–Kier alpha value is -1.03. The molecule has 96 valence electrons. The van der Waals surface area contributed by atoms with Crippen molar-refractivity contribution in [2.75, 3.05) is 19.5 Å². The van der Waals surface area contributed by atoms with E-state index in [4.69, 9.17) is 5.11 Å². The highest BCUT2D eigenvalue weighted by Gasteiger charge is 2.12. The topological polar surface area (TPSA) is 106 Å². The van der Waals surface area contributed by atoms with Crippen LogP contribution in [0.1, 0.15) is 15.5 Å². The lowest BCUT2D eigenvalue weighted by atomic mass is 10.5. The predicted molar refractivity (Wildman–Crippen MR) is 61.6 cm³/mol. The fraction of sp³-hybridized carbons (Fsp3) is 0.500. The van der Waals surface area contributed by atoms with E-state index in [0.717, 1.165) is 11.3 Å². The molecule has 0 aliphatic heterocycles. The lowest BCUT2D eigenvalue weighted by molar-refractivity contribution is 0.0691. The van der Waals surface area contributed by atoms with Crippen LogP contribution in [0, 0.1) is 0 Å². The highest BCUT2D eigenvalue weighted by atomic mass is 32.2. The number of nitrogens with one attached hydrogen (secondary N) is 1. The second-order valence-electron chi connectivity index (χ2n) is 3.06. The van der Waals surface area contributed by atoms with Crippen LogP contribution < -0.4 is 4.72 Å². The number of hydrogen-bond acceptors (Lipinski definition) is 6. The van der Waals surface area contributed by atoms with Gasteiger partial charge in [-0.15, -0.1) is 11.3 Å². The SMILES string of the molecule is COCCS(=O)(=O)NCc1nc(C(=O)O)cs1. The maximum Gasteiger partial charge on any atom is 0.355 e. The average molecular weight is 280 g/mol. The smallest absolute Gasteiger partial charge is 0.355 e. The second kappa shape index (κ2) is 6.05. The van der Waals surface area contributed by atoms with E-state index in [1.54, 1.807) is 0 Å². The number of thiazole rings is 1. The number of aromatic carboxylic acids is 1. The molecule has 0 fully saturated rings. The number of rotatable bonds is 7. The van der Waals surface area contributed by atoms with Crippen molar-refractivity contribution in [2.24, 2.45) is 0 Å². The Labute approximate surface area is 102 Å². The van der Waals surface area contributed by atoms with Crippen molar-refractivity contribution in [3.8, 4) is 0 Å². The average Bonchev–Trinajstić information content (AvgIpc) is 2.73. The Kier molecular flexibility index (Phi) is 5.00. The summed E-state index contributed by atoms with van der Waals surface area (Å²) in [6.45, 7) is 0.0948. The minimum Gasteiger partial charge on any atom is -0.476 e. The van der Waals surface area contributed by atoms with E-state index < -0.39 is 16.0 Å². The van der Waals surface area contributed by atoms with Gasteiger partial charge >= 0.3 is 5.97 Å². The molecule has 0 aliphatic carbocycles. The van der Waals surface area contributed by atoms with Gasteiger partial charge in [-0.1, -0.05) is 0 Å². The van der Waals surface area contributed by atoms with Gasteiger partial charge in [-0.2, -0.15) is 0 Å². The first-order chi connectivity index (χ1) is 7.94. The fourth-order valence-electron chi connectivity index (χ4n) is 0.927. The molecule has 0 atom stereocenters. The molecule has 0 unspecified atom stereocenters. The van der Waals surface area contributed by atoms with Gasteiger partial charge in [-0.25, -0.2) is 22.9 Å². The standard InChI is InChI=1S/C8H12N2O5S2/c1-15-2-3-17(13,14)9-4-7-10-6(5-16-7)8(11)12/h5,9H,2-4H2,1H3,(H,11,12). The molecule has 0 aliphatic rings. The predicted octanol–water partition coefficient (Wildman–Crippen LogP) is -0.0929. The van der Waals surface area contributed by atoms with Crippen molar-refractivity contribution < 1.29 is 23.1 Å². The van der Waals surface area contributed by atoms with Gasteiger partial charge < -0.3 is 9.84 Å². The summed E-state index contributed by atoms with van der Waals surface area (Å²) in [5.74, 6) is -1.27. The number of aromatic nitrogens is 1. The normalized spacial score (nSPS) is 11.6. The molecule has 1 aromatic heterocycles. The third kappa shape index (κ3) is 4.77. The zero-order chi connectivity index (χ0) is 12.9. The summed E-state index contributed by atoms with van der Waals surface area (Å²) in [4.78, 5) is 14.3. The molecule has 1 rings (SSSR count). The Morgan fingerprint density at radius 3 is 2.88 bits per heavy atom. The highest BCUT2D eigenvalue weighted by Crippen LogP contribution is 2.09. The van der Waals surface area contributed by atoms with Gasteiger partial charge in [0.1, 0.15) is 5.01 Å². The number of methoxy groups -OCH3 is 1. The van der Waals surface area contributed by atoms with E-state index in [-0.39, 0.29) is 24.6 Å². The van der Waals surface area contributed by atoms with E-state index in [9.17, 15) is 13.2 Å². The van der Waals surface area contributed by atoms with Crippen LogP contribution in [0.2, 0.25) is 0 Å². The lowest BCUT2D eigenvalue weighted by Crippen LogP contribution is -2.27. The van der Waals surface area contributed by atoms with Crippen LogP contribution in [0.3, 0.4) is 0 Å². The van der Waals surface area contributed by atoms with Gasteiger partial charge in [0.2, 0.25) is 10.0 Å². The van der Waals surface area contributed by atoms with Crippen molar-refractivity contribution in [3.05, 3.63) is 16.1 Å². The van der Waals surface area contributed by atoms with E-state index in [0.29, 0.717) is 5.01 Å². The first kappa shape index (κ1) is 14.0. The van der Waals surface area contributed by atoms with Crippen molar-refractivity contribution >= 4 is 27.3 Å². The van der Waals surface area contributed by atoms with Crippen molar-refractivity contribution in [1.82, 2.24) is 9.71 Å². The zero-order valence-corrected chi connectivity index (χ0v) is 10.7. The summed E-state index contributed by atoms with van der Waals surface area (Å²) in [7, 11) is -2.00. The molecule has 0 spiro atoms. The monoisotopic (exact) mass is 280 g/mol. The number of carboxylic acids is 1. The van der Waals surface area contributed by atoms with E-state index in [1.165, 1.54) is 12.5 Å². The second-order valence-corrected chi connectivity index (χ2v) is 5.93. The Morgan fingerprint density at radius 2 is 2.35 bits per heavy atom. The molecule has 0 amide bonds. The Morgan fingerprint density at radius 1 is 1.65 bits per heavy atom. The molecule has 0 bridgehead atoms. The summed E-state index contributed by atoms with van der Waals surface area (Å²) in [5.41, 5.74) is -0.0823. The minimum absolute atomic E-state index is 0.00993. The molecule has 1 aromatic rings. The maximum atomic E-state index is 11.4. The van der Waals surface area contributed by atoms with Crippen LogP contribution in [0.15, 0.2) is 5.38 Å². The van der Waals surface area contributed by atoms with Crippen LogP contribution in [0.5, 0.6) is 0 Å². The fourth-order valence-corrected chi connectivity index (χ4v) is 2.61. The summed E-state index contributed by atoms with van der Waals surface area (Å²) < 4.78 is 29.7. The summed E-state index contributed by atoms with van der Waals surface area (Å²) in [6, 6.07) is 0. The molecule has 0 radical (unpaired) electrons. The first-order valence-corrected chi connectivity index (χ1v) is 7.12.